The van der Waals surface area contributed by atoms with Gasteiger partial charge in [-0.05, 0) is 43.0 Å². The average Bonchev–Trinajstić information content (AvgIpc) is 2.76. The molecule has 0 aliphatic heterocycles. The van der Waals surface area contributed by atoms with Crippen LogP contribution in [-0.2, 0) is 6.54 Å². The summed E-state index contributed by atoms with van der Waals surface area (Å²) in [7, 11) is 0. The third-order valence-corrected chi connectivity index (χ3v) is 3.96. The first-order valence-corrected chi connectivity index (χ1v) is 6.66. The van der Waals surface area contributed by atoms with Crippen LogP contribution < -0.4 is 5.32 Å². The molecule has 0 atom stereocenters. The highest BCUT2D eigenvalue weighted by Gasteiger charge is 2.13. The van der Waals surface area contributed by atoms with Crippen molar-refractivity contribution >= 4 is 23.2 Å². The first kappa shape index (κ1) is 12.2. The van der Waals surface area contributed by atoms with E-state index in [9.17, 15) is 0 Å². The predicted octanol–water partition coefficient (Wildman–Crippen LogP) is 4.27. The molecule has 0 amide bonds. The van der Waals surface area contributed by atoms with Crippen LogP contribution in [0.2, 0.25) is 10.0 Å². The number of nitrogens with one attached hydrogen (secondary N) is 1. The fourth-order valence-electron chi connectivity index (χ4n) is 2.28. The third kappa shape index (κ3) is 3.38. The van der Waals surface area contributed by atoms with E-state index in [4.69, 9.17) is 23.2 Å². The zero-order chi connectivity index (χ0) is 11.4. The van der Waals surface area contributed by atoms with Gasteiger partial charge in [0.1, 0.15) is 0 Å². The molecule has 1 fully saturated rings. The smallest absolute Gasteiger partial charge is 0.0595 e. The molecule has 2 rings (SSSR count). The topological polar surface area (TPSA) is 12.0 Å². The van der Waals surface area contributed by atoms with Crippen LogP contribution in [0.25, 0.3) is 0 Å². The van der Waals surface area contributed by atoms with Crippen LogP contribution in [0, 0.1) is 5.92 Å². The van der Waals surface area contributed by atoms with Crippen molar-refractivity contribution in [1.82, 2.24) is 5.32 Å². The van der Waals surface area contributed by atoms with Crippen LogP contribution in [0.5, 0.6) is 0 Å². The quantitative estimate of drug-likeness (QED) is 0.850. The summed E-state index contributed by atoms with van der Waals surface area (Å²) in [4.78, 5) is 0. The molecule has 3 heteroatoms. The minimum absolute atomic E-state index is 0.626. The van der Waals surface area contributed by atoms with Crippen molar-refractivity contribution in [2.75, 3.05) is 6.54 Å². The Morgan fingerprint density at radius 1 is 1.12 bits per heavy atom. The van der Waals surface area contributed by atoms with Crippen molar-refractivity contribution in [3.8, 4) is 0 Å². The molecule has 0 spiro atoms. The van der Waals surface area contributed by atoms with E-state index in [1.807, 2.05) is 18.2 Å². The summed E-state index contributed by atoms with van der Waals surface area (Å²) in [5.74, 6) is 0.878. The van der Waals surface area contributed by atoms with E-state index in [2.05, 4.69) is 5.32 Å². The summed E-state index contributed by atoms with van der Waals surface area (Å²) in [5.41, 5.74) is 1.20. The Labute approximate surface area is 107 Å². The van der Waals surface area contributed by atoms with Crippen LogP contribution >= 0.6 is 23.2 Å². The summed E-state index contributed by atoms with van der Waals surface area (Å²) in [6, 6.07) is 5.82. The van der Waals surface area contributed by atoms with Gasteiger partial charge in [-0.1, -0.05) is 42.1 Å². The Morgan fingerprint density at radius 2 is 1.88 bits per heavy atom. The van der Waals surface area contributed by atoms with Gasteiger partial charge in [0.25, 0.3) is 0 Å². The SMILES string of the molecule is Clc1ccc(CNCC2CCCC2)cc1Cl. The Kier molecular flexibility index (Phi) is 4.51. The van der Waals surface area contributed by atoms with Gasteiger partial charge >= 0.3 is 0 Å². The maximum Gasteiger partial charge on any atom is 0.0595 e. The molecule has 1 aromatic carbocycles. The van der Waals surface area contributed by atoms with Gasteiger partial charge in [0.05, 0.1) is 10.0 Å². The highest BCUT2D eigenvalue weighted by Crippen LogP contribution is 2.24. The van der Waals surface area contributed by atoms with Crippen LogP contribution in [0.1, 0.15) is 31.2 Å². The summed E-state index contributed by atoms with van der Waals surface area (Å²) >= 11 is 11.8. The second-order valence-corrected chi connectivity index (χ2v) is 5.34. The summed E-state index contributed by atoms with van der Waals surface area (Å²) in [6.07, 6.45) is 5.57. The Hall–Kier alpha value is -0.240. The van der Waals surface area contributed by atoms with Crippen LogP contribution in [0.15, 0.2) is 18.2 Å². The standard InChI is InChI=1S/C13H17Cl2N/c14-12-6-5-11(7-13(12)15)9-16-8-10-3-1-2-4-10/h5-7,10,16H,1-4,8-9H2. The number of hydrogen-bond acceptors (Lipinski definition) is 1. The lowest BCUT2D eigenvalue weighted by Gasteiger charge is -2.10. The van der Waals surface area contributed by atoms with Gasteiger partial charge in [-0.3, -0.25) is 0 Å². The summed E-state index contributed by atoms with van der Waals surface area (Å²) < 4.78 is 0. The molecular weight excluding hydrogens is 241 g/mol. The molecular formula is C13H17Cl2N. The normalized spacial score (nSPS) is 16.9. The molecule has 0 saturated heterocycles. The maximum absolute atomic E-state index is 5.96. The lowest BCUT2D eigenvalue weighted by molar-refractivity contribution is 0.489. The minimum atomic E-state index is 0.626. The molecule has 88 valence electrons. The first-order valence-electron chi connectivity index (χ1n) is 5.90. The van der Waals surface area contributed by atoms with E-state index in [0.29, 0.717) is 10.0 Å². The summed E-state index contributed by atoms with van der Waals surface area (Å²) in [5, 5.41) is 4.76. The van der Waals surface area contributed by atoms with Crippen molar-refractivity contribution in [3.05, 3.63) is 33.8 Å². The number of halogens is 2. The zero-order valence-corrected chi connectivity index (χ0v) is 10.8. The predicted molar refractivity (Wildman–Crippen MR) is 70.1 cm³/mol. The fraction of sp³-hybridized carbons (Fsp3) is 0.538. The molecule has 1 saturated carbocycles. The van der Waals surface area contributed by atoms with E-state index in [-0.39, 0.29) is 0 Å². The van der Waals surface area contributed by atoms with E-state index >= 15 is 0 Å². The molecule has 0 radical (unpaired) electrons. The molecule has 1 nitrogen and oxygen atoms in total. The molecule has 0 bridgehead atoms. The third-order valence-electron chi connectivity index (χ3n) is 3.22. The molecule has 1 aromatic rings. The molecule has 1 aliphatic rings. The second kappa shape index (κ2) is 5.90. The Morgan fingerprint density at radius 3 is 2.56 bits per heavy atom. The van der Waals surface area contributed by atoms with Crippen molar-refractivity contribution in [2.24, 2.45) is 5.92 Å². The van der Waals surface area contributed by atoms with Crippen LogP contribution in [0.4, 0.5) is 0 Å². The van der Waals surface area contributed by atoms with Gasteiger partial charge in [-0.15, -0.1) is 0 Å². The largest absolute Gasteiger partial charge is 0.312 e. The minimum Gasteiger partial charge on any atom is -0.312 e. The summed E-state index contributed by atoms with van der Waals surface area (Å²) in [6.45, 7) is 2.01. The lowest BCUT2D eigenvalue weighted by Crippen LogP contribution is -2.20. The highest BCUT2D eigenvalue weighted by molar-refractivity contribution is 6.42. The molecule has 0 aromatic heterocycles. The van der Waals surface area contributed by atoms with Gasteiger partial charge < -0.3 is 5.32 Å². The van der Waals surface area contributed by atoms with Crippen molar-refractivity contribution in [3.63, 3.8) is 0 Å². The zero-order valence-electron chi connectivity index (χ0n) is 9.31. The molecule has 0 unspecified atom stereocenters. The van der Waals surface area contributed by atoms with Gasteiger partial charge in [0, 0.05) is 6.54 Å². The van der Waals surface area contributed by atoms with E-state index in [1.165, 1.54) is 31.2 Å². The van der Waals surface area contributed by atoms with E-state index < -0.39 is 0 Å². The molecule has 0 heterocycles. The van der Waals surface area contributed by atoms with Crippen molar-refractivity contribution < 1.29 is 0 Å². The molecule has 1 aliphatic carbocycles. The van der Waals surface area contributed by atoms with Crippen LogP contribution in [-0.4, -0.2) is 6.54 Å². The van der Waals surface area contributed by atoms with Crippen molar-refractivity contribution in [1.29, 1.82) is 0 Å². The Balaban J connectivity index is 1.78. The number of benzene rings is 1. The Bertz CT molecular complexity index is 346. The van der Waals surface area contributed by atoms with Crippen molar-refractivity contribution in [2.45, 2.75) is 32.2 Å². The van der Waals surface area contributed by atoms with Gasteiger partial charge in [0.2, 0.25) is 0 Å². The van der Waals surface area contributed by atoms with Gasteiger partial charge in [-0.25, -0.2) is 0 Å². The lowest BCUT2D eigenvalue weighted by atomic mass is 10.1. The van der Waals surface area contributed by atoms with Gasteiger partial charge in [0.15, 0.2) is 0 Å². The van der Waals surface area contributed by atoms with Crippen LogP contribution in [0.3, 0.4) is 0 Å². The van der Waals surface area contributed by atoms with E-state index in [1.54, 1.807) is 0 Å². The fourth-order valence-corrected chi connectivity index (χ4v) is 2.61. The molecule has 1 N–H and O–H groups in total. The highest BCUT2D eigenvalue weighted by atomic mass is 35.5. The number of rotatable bonds is 4. The van der Waals surface area contributed by atoms with Gasteiger partial charge in [-0.2, -0.15) is 0 Å². The molecule has 16 heavy (non-hydrogen) atoms. The first-order chi connectivity index (χ1) is 7.75. The number of hydrogen-bond donors (Lipinski definition) is 1. The second-order valence-electron chi connectivity index (χ2n) is 4.53. The average molecular weight is 258 g/mol. The van der Waals surface area contributed by atoms with E-state index in [0.717, 1.165) is 19.0 Å². The maximum atomic E-state index is 5.96. The monoisotopic (exact) mass is 257 g/mol.